The molecule has 2 aromatic carbocycles. The molecule has 1 unspecified atom stereocenters. The van der Waals surface area contributed by atoms with Gasteiger partial charge in [0.05, 0.1) is 41.0 Å². The van der Waals surface area contributed by atoms with E-state index >= 15 is 0 Å². The summed E-state index contributed by atoms with van der Waals surface area (Å²) in [5, 5.41) is 25.5. The predicted octanol–water partition coefficient (Wildman–Crippen LogP) is 4.19. The Balaban J connectivity index is 1.63. The maximum atomic E-state index is 12.6. The molecule has 0 aliphatic carbocycles. The molecule has 37 heavy (non-hydrogen) atoms. The number of carbonyl (C=O) groups is 2. The van der Waals surface area contributed by atoms with E-state index in [1.54, 1.807) is 36.8 Å². The van der Waals surface area contributed by atoms with Crippen molar-refractivity contribution >= 4 is 46.6 Å². The van der Waals surface area contributed by atoms with E-state index in [-0.39, 0.29) is 34.5 Å². The van der Waals surface area contributed by atoms with E-state index in [0.29, 0.717) is 23.3 Å². The number of anilines is 1. The Kier molecular flexibility index (Phi) is 9.64. The van der Waals surface area contributed by atoms with Crippen molar-refractivity contribution in [2.24, 2.45) is 0 Å². The number of non-ortho nitro benzene ring substituents is 1. The van der Waals surface area contributed by atoms with Crippen LogP contribution in [0.4, 0.5) is 11.4 Å². The van der Waals surface area contributed by atoms with Gasteiger partial charge in [0, 0.05) is 18.7 Å². The molecule has 11 nitrogen and oxygen atoms in total. The van der Waals surface area contributed by atoms with Crippen LogP contribution in [-0.2, 0) is 22.6 Å². The number of amides is 2. The lowest BCUT2D eigenvalue weighted by Gasteiger charge is -2.15. The molecule has 0 fully saturated rings. The van der Waals surface area contributed by atoms with E-state index in [1.807, 2.05) is 12.1 Å². The van der Waals surface area contributed by atoms with Crippen molar-refractivity contribution in [3.63, 3.8) is 0 Å². The van der Waals surface area contributed by atoms with Crippen molar-refractivity contribution in [1.29, 1.82) is 0 Å². The Hall–Kier alpha value is -3.90. The van der Waals surface area contributed by atoms with E-state index in [1.165, 1.54) is 18.2 Å². The van der Waals surface area contributed by atoms with Crippen LogP contribution in [0.1, 0.15) is 24.4 Å². The summed E-state index contributed by atoms with van der Waals surface area (Å²) >= 11 is 7.17. The van der Waals surface area contributed by atoms with E-state index in [4.69, 9.17) is 16.3 Å². The zero-order valence-electron chi connectivity index (χ0n) is 20.1. The molecule has 0 spiro atoms. The molecule has 0 bridgehead atoms. The molecule has 3 rings (SSSR count). The molecule has 0 aliphatic rings. The number of nitro benzene ring substituents is 1. The molecule has 1 aromatic heterocycles. The van der Waals surface area contributed by atoms with Crippen molar-refractivity contribution in [2.45, 2.75) is 31.1 Å². The van der Waals surface area contributed by atoms with Gasteiger partial charge in [-0.05, 0) is 30.7 Å². The molecule has 0 saturated heterocycles. The predicted molar refractivity (Wildman–Crippen MR) is 141 cm³/mol. The normalized spacial score (nSPS) is 11.4. The van der Waals surface area contributed by atoms with Crippen LogP contribution in [0.15, 0.2) is 60.3 Å². The number of hydrogen-bond acceptors (Lipinski definition) is 8. The Morgan fingerprint density at radius 2 is 1.97 bits per heavy atom. The van der Waals surface area contributed by atoms with Crippen molar-refractivity contribution in [1.82, 2.24) is 20.1 Å². The second kappa shape index (κ2) is 12.9. The molecule has 0 aliphatic heterocycles. The van der Waals surface area contributed by atoms with Crippen LogP contribution < -0.4 is 15.4 Å². The number of benzene rings is 2. The van der Waals surface area contributed by atoms with Gasteiger partial charge in [0.1, 0.15) is 5.75 Å². The highest BCUT2D eigenvalue weighted by Gasteiger charge is 2.20. The first kappa shape index (κ1) is 27.7. The highest BCUT2D eigenvalue weighted by atomic mass is 35.5. The molecule has 194 valence electrons. The van der Waals surface area contributed by atoms with Crippen LogP contribution in [0.5, 0.6) is 5.75 Å². The topological polar surface area (TPSA) is 141 Å². The summed E-state index contributed by atoms with van der Waals surface area (Å²) in [4.78, 5) is 35.5. The van der Waals surface area contributed by atoms with Gasteiger partial charge in [0.15, 0.2) is 11.0 Å². The largest absolute Gasteiger partial charge is 0.497 e. The fourth-order valence-electron chi connectivity index (χ4n) is 3.35. The number of nitrogens with zero attached hydrogens (tertiary/aromatic N) is 4. The zero-order chi connectivity index (χ0) is 26.9. The molecule has 13 heteroatoms. The number of rotatable bonds is 12. The Morgan fingerprint density at radius 1 is 1.24 bits per heavy atom. The molecule has 1 heterocycles. The van der Waals surface area contributed by atoms with E-state index in [0.717, 1.165) is 17.3 Å². The lowest BCUT2D eigenvalue weighted by molar-refractivity contribution is -0.384. The minimum absolute atomic E-state index is 0.0491. The molecule has 3 aromatic rings. The van der Waals surface area contributed by atoms with Crippen LogP contribution in [-0.4, -0.2) is 44.4 Å². The van der Waals surface area contributed by atoms with Gasteiger partial charge < -0.3 is 19.9 Å². The van der Waals surface area contributed by atoms with E-state index in [2.05, 4.69) is 27.4 Å². The van der Waals surface area contributed by atoms with E-state index in [9.17, 15) is 19.7 Å². The van der Waals surface area contributed by atoms with Crippen LogP contribution in [0.3, 0.4) is 0 Å². The molecular formula is C24H25ClN6O5S. The number of methoxy groups -OCH3 is 1. The van der Waals surface area contributed by atoms with Crippen LogP contribution in [0.2, 0.25) is 5.02 Å². The van der Waals surface area contributed by atoms with E-state index < -0.39 is 16.9 Å². The number of allylic oxidation sites excluding steroid dienone is 1. The number of ether oxygens (including phenoxy) is 1. The summed E-state index contributed by atoms with van der Waals surface area (Å²) in [6, 6.07) is 10.6. The first-order valence-corrected chi connectivity index (χ1v) is 12.4. The summed E-state index contributed by atoms with van der Waals surface area (Å²) in [5.74, 6) is 0.553. The number of halogens is 1. The smallest absolute Gasteiger partial charge is 0.271 e. The standard InChI is InChI=1S/C24H25ClN6O5S/c1-4-11-30-23(15(2)26-21(32)12-16-5-8-18(36-3)9-6-16)28-29-24(30)37-14-22(33)27-20-13-17(31(34)35)7-10-19(20)25/h4-10,13,15H,1,11-12,14H2,2-3H3,(H,26,32)(H,27,33). The van der Waals surface area contributed by atoms with Crippen LogP contribution >= 0.6 is 23.4 Å². The second-order valence-corrected chi connectivity index (χ2v) is 9.16. The number of carbonyl (C=O) groups excluding carboxylic acids is 2. The van der Waals surface area contributed by atoms with Gasteiger partial charge in [-0.3, -0.25) is 19.7 Å². The fourth-order valence-corrected chi connectivity index (χ4v) is 4.27. The average Bonchev–Trinajstić information content (AvgIpc) is 3.27. The number of nitro groups is 1. The summed E-state index contributed by atoms with van der Waals surface area (Å²) < 4.78 is 6.89. The first-order chi connectivity index (χ1) is 17.7. The quantitative estimate of drug-likeness (QED) is 0.150. The summed E-state index contributed by atoms with van der Waals surface area (Å²) in [7, 11) is 1.58. The molecule has 2 N–H and O–H groups in total. The van der Waals surface area contributed by atoms with Crippen LogP contribution in [0, 0.1) is 10.1 Å². The third-order valence-electron chi connectivity index (χ3n) is 5.11. The van der Waals surface area contributed by atoms with Crippen LogP contribution in [0.25, 0.3) is 0 Å². The van der Waals surface area contributed by atoms with Crippen molar-refractivity contribution in [3.8, 4) is 5.75 Å². The fraction of sp³-hybridized carbons (Fsp3) is 0.250. The Labute approximate surface area is 222 Å². The monoisotopic (exact) mass is 544 g/mol. The van der Waals surface area contributed by atoms with Gasteiger partial charge in [-0.1, -0.05) is 41.6 Å². The first-order valence-electron chi connectivity index (χ1n) is 11.0. The lowest BCUT2D eigenvalue weighted by Crippen LogP contribution is -2.30. The number of hydrogen-bond donors (Lipinski definition) is 2. The highest BCUT2D eigenvalue weighted by molar-refractivity contribution is 7.99. The van der Waals surface area contributed by atoms with Gasteiger partial charge in [0.25, 0.3) is 5.69 Å². The van der Waals surface area contributed by atoms with Crippen molar-refractivity contribution < 1.29 is 19.2 Å². The minimum atomic E-state index is -0.572. The third kappa shape index (κ3) is 7.54. The molecular weight excluding hydrogens is 520 g/mol. The molecule has 0 saturated carbocycles. The Bertz CT molecular complexity index is 1300. The minimum Gasteiger partial charge on any atom is -0.497 e. The Morgan fingerprint density at radius 3 is 2.62 bits per heavy atom. The summed E-state index contributed by atoms with van der Waals surface area (Å²) in [6.07, 6.45) is 1.84. The van der Waals surface area contributed by atoms with Gasteiger partial charge in [0.2, 0.25) is 11.8 Å². The van der Waals surface area contributed by atoms with Gasteiger partial charge in [-0.15, -0.1) is 16.8 Å². The van der Waals surface area contributed by atoms with Gasteiger partial charge in [-0.25, -0.2) is 0 Å². The maximum Gasteiger partial charge on any atom is 0.271 e. The average molecular weight is 545 g/mol. The van der Waals surface area contributed by atoms with Crippen molar-refractivity contribution in [3.05, 3.63) is 81.6 Å². The number of nitrogens with one attached hydrogen (secondary N) is 2. The molecule has 2 amide bonds. The van der Waals surface area contributed by atoms with Gasteiger partial charge >= 0.3 is 0 Å². The summed E-state index contributed by atoms with van der Waals surface area (Å²) in [6.45, 7) is 5.91. The second-order valence-electron chi connectivity index (χ2n) is 7.81. The summed E-state index contributed by atoms with van der Waals surface area (Å²) in [5.41, 5.74) is 0.790. The molecule has 1 atom stereocenters. The number of thioether (sulfide) groups is 1. The zero-order valence-corrected chi connectivity index (χ0v) is 21.7. The highest BCUT2D eigenvalue weighted by Crippen LogP contribution is 2.27. The maximum absolute atomic E-state index is 12.6. The van der Waals surface area contributed by atoms with Gasteiger partial charge in [-0.2, -0.15) is 0 Å². The molecule has 0 radical (unpaired) electrons. The number of aromatic nitrogens is 3. The third-order valence-corrected chi connectivity index (χ3v) is 6.41. The lowest BCUT2D eigenvalue weighted by atomic mass is 10.1. The SMILES string of the molecule is C=CCn1c(SCC(=O)Nc2cc([N+](=O)[O-])ccc2Cl)nnc1C(C)NC(=O)Cc1ccc(OC)cc1. The van der Waals surface area contributed by atoms with Crippen molar-refractivity contribution in [2.75, 3.05) is 18.2 Å².